The van der Waals surface area contributed by atoms with E-state index in [4.69, 9.17) is 14.7 Å². The van der Waals surface area contributed by atoms with E-state index in [1.165, 1.54) is 0 Å². The maximum Gasteiger partial charge on any atom is 0.166 e. The minimum Gasteiger partial charge on any atom is -0.486 e. The third kappa shape index (κ3) is 1.68. The molecule has 0 aliphatic carbocycles. The summed E-state index contributed by atoms with van der Waals surface area (Å²) in [5, 5.41) is 9.04. The molecule has 0 fully saturated rings. The van der Waals surface area contributed by atoms with Crippen LogP contribution in [0.1, 0.15) is 11.5 Å². The highest BCUT2D eigenvalue weighted by Crippen LogP contribution is 2.34. The van der Waals surface area contributed by atoms with Crippen LogP contribution in [0.25, 0.3) is 11.3 Å². The molecule has 0 spiro atoms. The lowest BCUT2D eigenvalue weighted by Crippen LogP contribution is -2.15. The van der Waals surface area contributed by atoms with E-state index in [1.54, 1.807) is 0 Å². The minimum absolute atomic E-state index is 0.393. The van der Waals surface area contributed by atoms with Crippen LogP contribution in [0.15, 0.2) is 18.2 Å². The molecule has 1 aromatic carbocycles. The van der Waals surface area contributed by atoms with Crippen molar-refractivity contribution in [1.82, 2.24) is 9.97 Å². The molecule has 90 valence electrons. The predicted octanol–water partition coefficient (Wildman–Crippen LogP) is 2.03. The number of nitrogens with zero attached hydrogens (tertiary/aromatic N) is 2. The average Bonchev–Trinajstić information content (AvgIpc) is 2.79. The number of fused-ring (bicyclic) bond motifs is 1. The SMILES string of the molecule is Cc1nc(C#N)c(-c2ccc3c(c2)OCCO3)[nH]1. The Bertz CT molecular complexity index is 640. The van der Waals surface area contributed by atoms with Gasteiger partial charge >= 0.3 is 0 Å². The second-order valence-electron chi connectivity index (χ2n) is 4.02. The summed E-state index contributed by atoms with van der Waals surface area (Å²) in [6.45, 7) is 2.94. The number of nitrogens with one attached hydrogen (secondary N) is 1. The summed E-state index contributed by atoms with van der Waals surface area (Å²) in [7, 11) is 0. The summed E-state index contributed by atoms with van der Waals surface area (Å²) < 4.78 is 11.0. The van der Waals surface area contributed by atoms with Gasteiger partial charge in [0.2, 0.25) is 0 Å². The summed E-state index contributed by atoms with van der Waals surface area (Å²) in [4.78, 5) is 7.22. The molecular weight excluding hydrogens is 230 g/mol. The Morgan fingerprint density at radius 1 is 1.28 bits per heavy atom. The summed E-state index contributed by atoms with van der Waals surface area (Å²) in [5.74, 6) is 2.16. The van der Waals surface area contributed by atoms with Crippen molar-refractivity contribution in [2.24, 2.45) is 0 Å². The number of aromatic nitrogens is 2. The fourth-order valence-electron chi connectivity index (χ4n) is 1.98. The molecule has 0 radical (unpaired) electrons. The molecule has 2 aromatic rings. The summed E-state index contributed by atoms with van der Waals surface area (Å²) >= 11 is 0. The van der Waals surface area contributed by atoms with Crippen LogP contribution in [0, 0.1) is 18.3 Å². The van der Waals surface area contributed by atoms with Gasteiger partial charge in [0.1, 0.15) is 25.1 Å². The van der Waals surface area contributed by atoms with Crippen LogP contribution in [0.4, 0.5) is 0 Å². The standard InChI is InChI=1S/C13H11N3O2/c1-8-15-10(7-14)13(16-8)9-2-3-11-12(6-9)18-5-4-17-11/h2-3,6H,4-5H2,1H3,(H,15,16). The zero-order valence-corrected chi connectivity index (χ0v) is 9.86. The summed E-state index contributed by atoms with van der Waals surface area (Å²) in [6.07, 6.45) is 0. The van der Waals surface area contributed by atoms with E-state index in [0.717, 1.165) is 17.1 Å². The number of rotatable bonds is 1. The van der Waals surface area contributed by atoms with Crippen LogP contribution < -0.4 is 9.47 Å². The van der Waals surface area contributed by atoms with Gasteiger partial charge in [-0.15, -0.1) is 0 Å². The molecule has 18 heavy (non-hydrogen) atoms. The van der Waals surface area contributed by atoms with E-state index in [-0.39, 0.29) is 0 Å². The molecule has 0 saturated carbocycles. The number of ether oxygens (including phenoxy) is 2. The van der Waals surface area contributed by atoms with Crippen LogP contribution in [0.3, 0.4) is 0 Å². The third-order valence-electron chi connectivity index (χ3n) is 2.76. The molecule has 0 bridgehead atoms. The van der Waals surface area contributed by atoms with Crippen LogP contribution in [-0.4, -0.2) is 23.2 Å². The van der Waals surface area contributed by atoms with Gasteiger partial charge in [-0.3, -0.25) is 0 Å². The second-order valence-corrected chi connectivity index (χ2v) is 4.02. The van der Waals surface area contributed by atoms with Crippen molar-refractivity contribution in [1.29, 1.82) is 5.26 Å². The Labute approximate surface area is 104 Å². The molecular formula is C13H11N3O2. The lowest BCUT2D eigenvalue weighted by molar-refractivity contribution is 0.171. The van der Waals surface area contributed by atoms with Crippen LogP contribution in [0.2, 0.25) is 0 Å². The van der Waals surface area contributed by atoms with E-state index >= 15 is 0 Å². The molecule has 0 amide bonds. The van der Waals surface area contributed by atoms with Crippen LogP contribution >= 0.6 is 0 Å². The minimum atomic E-state index is 0.393. The molecule has 3 rings (SSSR count). The number of hydrogen-bond donors (Lipinski definition) is 1. The van der Waals surface area contributed by atoms with Crippen molar-refractivity contribution >= 4 is 0 Å². The largest absolute Gasteiger partial charge is 0.486 e. The Morgan fingerprint density at radius 3 is 2.83 bits per heavy atom. The number of imidazole rings is 1. The normalized spacial score (nSPS) is 13.1. The number of nitriles is 1. The van der Waals surface area contributed by atoms with Gasteiger partial charge in [-0.2, -0.15) is 5.26 Å². The van der Waals surface area contributed by atoms with Crippen molar-refractivity contribution < 1.29 is 9.47 Å². The first-order valence-electron chi connectivity index (χ1n) is 5.64. The number of hydrogen-bond acceptors (Lipinski definition) is 4. The topological polar surface area (TPSA) is 70.9 Å². The molecule has 2 heterocycles. The fraction of sp³-hybridized carbons (Fsp3) is 0.231. The average molecular weight is 241 g/mol. The van der Waals surface area contributed by atoms with Crippen molar-refractivity contribution in [3.8, 4) is 28.8 Å². The molecule has 1 aliphatic heterocycles. The monoisotopic (exact) mass is 241 g/mol. The molecule has 1 aromatic heterocycles. The molecule has 0 saturated heterocycles. The van der Waals surface area contributed by atoms with Crippen molar-refractivity contribution in [2.45, 2.75) is 6.92 Å². The summed E-state index contributed by atoms with van der Waals surface area (Å²) in [6, 6.07) is 7.68. The molecule has 0 atom stereocenters. The van der Waals surface area contributed by atoms with Gasteiger partial charge in [-0.05, 0) is 25.1 Å². The van der Waals surface area contributed by atoms with E-state index in [2.05, 4.69) is 16.0 Å². The zero-order chi connectivity index (χ0) is 12.5. The van der Waals surface area contributed by atoms with Gasteiger partial charge in [0.05, 0.1) is 5.69 Å². The van der Waals surface area contributed by atoms with Crippen LogP contribution in [-0.2, 0) is 0 Å². The Morgan fingerprint density at radius 2 is 2.06 bits per heavy atom. The highest BCUT2D eigenvalue weighted by Gasteiger charge is 2.15. The van der Waals surface area contributed by atoms with Crippen molar-refractivity contribution in [2.75, 3.05) is 13.2 Å². The highest BCUT2D eigenvalue weighted by atomic mass is 16.6. The molecule has 5 nitrogen and oxygen atoms in total. The highest BCUT2D eigenvalue weighted by molar-refractivity contribution is 5.68. The van der Waals surface area contributed by atoms with Crippen LogP contribution in [0.5, 0.6) is 11.5 Å². The number of benzene rings is 1. The zero-order valence-electron chi connectivity index (χ0n) is 9.86. The third-order valence-corrected chi connectivity index (χ3v) is 2.76. The van der Waals surface area contributed by atoms with Crippen molar-refractivity contribution in [3.05, 3.63) is 29.7 Å². The smallest absolute Gasteiger partial charge is 0.166 e. The Kier molecular flexibility index (Phi) is 2.41. The second kappa shape index (κ2) is 4.08. The van der Waals surface area contributed by atoms with Gasteiger partial charge in [0, 0.05) is 5.56 Å². The van der Waals surface area contributed by atoms with Gasteiger partial charge in [0.25, 0.3) is 0 Å². The maximum absolute atomic E-state index is 9.04. The first-order chi connectivity index (χ1) is 8.78. The lowest BCUT2D eigenvalue weighted by atomic mass is 10.1. The maximum atomic E-state index is 9.04. The van der Waals surface area contributed by atoms with Gasteiger partial charge in [0.15, 0.2) is 17.2 Å². The van der Waals surface area contributed by atoms with E-state index < -0.39 is 0 Å². The number of aromatic amines is 1. The quantitative estimate of drug-likeness (QED) is 0.829. The number of H-pyrrole nitrogens is 1. The summed E-state index contributed by atoms with van der Waals surface area (Å²) in [5.41, 5.74) is 1.98. The lowest BCUT2D eigenvalue weighted by Gasteiger charge is -2.18. The predicted molar refractivity (Wildman–Crippen MR) is 64.5 cm³/mol. The van der Waals surface area contributed by atoms with E-state index in [0.29, 0.717) is 30.4 Å². The molecule has 1 aliphatic rings. The fourth-order valence-corrected chi connectivity index (χ4v) is 1.98. The molecule has 5 heteroatoms. The van der Waals surface area contributed by atoms with E-state index in [9.17, 15) is 0 Å². The Hall–Kier alpha value is -2.48. The first kappa shape index (κ1) is 10.7. The first-order valence-corrected chi connectivity index (χ1v) is 5.64. The van der Waals surface area contributed by atoms with Crippen molar-refractivity contribution in [3.63, 3.8) is 0 Å². The molecule has 0 unspecified atom stereocenters. The Balaban J connectivity index is 2.09. The van der Waals surface area contributed by atoms with Gasteiger partial charge < -0.3 is 14.5 Å². The number of aryl methyl sites for hydroxylation is 1. The van der Waals surface area contributed by atoms with Gasteiger partial charge in [-0.25, -0.2) is 4.98 Å². The molecule has 1 N–H and O–H groups in total. The van der Waals surface area contributed by atoms with E-state index in [1.807, 2.05) is 25.1 Å². The van der Waals surface area contributed by atoms with Gasteiger partial charge in [-0.1, -0.05) is 0 Å².